The minimum absolute atomic E-state index is 0.128. The van der Waals surface area contributed by atoms with Crippen molar-refractivity contribution < 1.29 is 13.6 Å². The van der Waals surface area contributed by atoms with Crippen LogP contribution >= 0.6 is 15.9 Å². The second kappa shape index (κ2) is 8.97. The fraction of sp³-hybridized carbons (Fsp3) is 0.227. The number of carbonyl (C=O) groups is 1. The Morgan fingerprint density at radius 1 is 1.13 bits per heavy atom. The van der Waals surface area contributed by atoms with E-state index in [-0.39, 0.29) is 23.1 Å². The molecular weight excluding hydrogens is 470 g/mol. The number of hydrogen-bond donors (Lipinski definition) is 1. The van der Waals surface area contributed by atoms with Gasteiger partial charge in [-0.15, -0.1) is 5.10 Å². The third-order valence-corrected chi connectivity index (χ3v) is 5.64. The standard InChI is InChI=1S/C22H19BrF2N4O2/c23-15-6-7-19(18(25)11-15)26-22(31)14-3-2-10-28(13-14)20-8-9-21(30)29(27-20)17-5-1-4-16(24)12-17/h1,4-9,11-12,14H,2-3,10,13H2,(H,26,31)/t14-/m0/s1. The molecule has 1 atom stereocenters. The Morgan fingerprint density at radius 2 is 1.97 bits per heavy atom. The lowest BCUT2D eigenvalue weighted by Crippen LogP contribution is -2.42. The third kappa shape index (κ3) is 4.82. The van der Waals surface area contributed by atoms with Crippen LogP contribution in [0, 0.1) is 17.6 Å². The molecule has 1 N–H and O–H groups in total. The van der Waals surface area contributed by atoms with Gasteiger partial charge in [-0.2, -0.15) is 4.68 Å². The van der Waals surface area contributed by atoms with Gasteiger partial charge in [0.15, 0.2) is 0 Å². The van der Waals surface area contributed by atoms with Crippen LogP contribution in [0.5, 0.6) is 0 Å². The van der Waals surface area contributed by atoms with Crippen molar-refractivity contribution in [2.75, 3.05) is 23.3 Å². The van der Waals surface area contributed by atoms with Gasteiger partial charge in [-0.25, -0.2) is 8.78 Å². The van der Waals surface area contributed by atoms with Crippen molar-refractivity contribution >= 4 is 33.3 Å². The van der Waals surface area contributed by atoms with Crippen LogP contribution in [-0.4, -0.2) is 28.8 Å². The number of nitrogens with one attached hydrogen (secondary N) is 1. The van der Waals surface area contributed by atoms with Gasteiger partial charge < -0.3 is 10.2 Å². The summed E-state index contributed by atoms with van der Waals surface area (Å²) in [5.41, 5.74) is 0.0679. The van der Waals surface area contributed by atoms with Crippen molar-refractivity contribution in [1.29, 1.82) is 0 Å². The van der Waals surface area contributed by atoms with Gasteiger partial charge in [0, 0.05) is 23.6 Å². The molecule has 1 aliphatic rings. The number of halogens is 3. The summed E-state index contributed by atoms with van der Waals surface area (Å²) >= 11 is 3.19. The van der Waals surface area contributed by atoms with Gasteiger partial charge in [0.1, 0.15) is 17.5 Å². The second-order valence-corrected chi connectivity index (χ2v) is 8.24. The van der Waals surface area contributed by atoms with Gasteiger partial charge in [-0.1, -0.05) is 22.0 Å². The number of piperidine rings is 1. The maximum absolute atomic E-state index is 14.1. The van der Waals surface area contributed by atoms with Crippen LogP contribution in [0.25, 0.3) is 5.69 Å². The largest absolute Gasteiger partial charge is 0.354 e. The number of aromatic nitrogens is 2. The van der Waals surface area contributed by atoms with Crippen molar-refractivity contribution in [1.82, 2.24) is 9.78 Å². The number of benzene rings is 2. The van der Waals surface area contributed by atoms with E-state index in [2.05, 4.69) is 26.3 Å². The molecular formula is C22H19BrF2N4O2. The van der Waals surface area contributed by atoms with E-state index in [9.17, 15) is 18.4 Å². The zero-order valence-corrected chi connectivity index (χ0v) is 18.0. The van der Waals surface area contributed by atoms with E-state index in [1.807, 2.05) is 4.90 Å². The molecule has 1 saturated heterocycles. The SMILES string of the molecule is O=C(Nc1ccc(Br)cc1F)[C@H]1CCCN(c2ccc(=O)n(-c3cccc(F)c3)n2)C1. The minimum Gasteiger partial charge on any atom is -0.354 e. The molecule has 3 aromatic rings. The molecule has 0 saturated carbocycles. The first-order valence-corrected chi connectivity index (χ1v) is 10.6. The lowest BCUT2D eigenvalue weighted by Gasteiger charge is -2.33. The molecule has 2 aromatic carbocycles. The molecule has 0 unspecified atom stereocenters. The van der Waals surface area contributed by atoms with Gasteiger partial charge >= 0.3 is 0 Å². The van der Waals surface area contributed by atoms with Gasteiger partial charge in [-0.05, 0) is 55.3 Å². The first-order chi connectivity index (χ1) is 14.9. The summed E-state index contributed by atoms with van der Waals surface area (Å²) in [7, 11) is 0. The number of nitrogens with zero attached hydrogens (tertiary/aromatic N) is 3. The Balaban J connectivity index is 1.52. The zero-order valence-electron chi connectivity index (χ0n) is 16.4. The Kier molecular flexibility index (Phi) is 6.13. The molecule has 1 fully saturated rings. The fourth-order valence-corrected chi connectivity index (χ4v) is 3.92. The number of amides is 1. The smallest absolute Gasteiger partial charge is 0.271 e. The average molecular weight is 489 g/mol. The van der Waals surface area contributed by atoms with E-state index in [4.69, 9.17) is 0 Å². The Hall–Kier alpha value is -3.07. The van der Waals surface area contributed by atoms with E-state index < -0.39 is 11.6 Å². The molecule has 160 valence electrons. The maximum atomic E-state index is 14.1. The highest BCUT2D eigenvalue weighted by atomic mass is 79.9. The topological polar surface area (TPSA) is 67.2 Å². The predicted molar refractivity (Wildman–Crippen MR) is 117 cm³/mol. The van der Waals surface area contributed by atoms with E-state index >= 15 is 0 Å². The molecule has 0 aliphatic carbocycles. The number of rotatable bonds is 4. The average Bonchev–Trinajstić information content (AvgIpc) is 2.76. The Bertz CT molecular complexity index is 1180. The van der Waals surface area contributed by atoms with Gasteiger partial charge in [0.25, 0.3) is 5.56 Å². The number of anilines is 2. The summed E-state index contributed by atoms with van der Waals surface area (Å²) < 4.78 is 29.4. The predicted octanol–water partition coefficient (Wildman–Crippen LogP) is 4.13. The molecule has 1 aliphatic heterocycles. The molecule has 6 nitrogen and oxygen atoms in total. The van der Waals surface area contributed by atoms with Gasteiger partial charge in [-0.3, -0.25) is 9.59 Å². The zero-order chi connectivity index (χ0) is 22.0. The Labute approximate surface area is 185 Å². The van der Waals surface area contributed by atoms with E-state index in [0.717, 1.165) is 11.1 Å². The van der Waals surface area contributed by atoms with Crippen LogP contribution in [0.2, 0.25) is 0 Å². The summed E-state index contributed by atoms with van der Waals surface area (Å²) in [5, 5.41) is 7.03. The lowest BCUT2D eigenvalue weighted by atomic mass is 9.97. The molecule has 0 spiro atoms. The lowest BCUT2D eigenvalue weighted by molar-refractivity contribution is -0.120. The van der Waals surface area contributed by atoms with Gasteiger partial charge in [0.05, 0.1) is 17.3 Å². The summed E-state index contributed by atoms with van der Waals surface area (Å²) in [6, 6.07) is 13.1. The highest BCUT2D eigenvalue weighted by molar-refractivity contribution is 9.10. The monoisotopic (exact) mass is 488 g/mol. The third-order valence-electron chi connectivity index (χ3n) is 5.14. The van der Waals surface area contributed by atoms with E-state index in [1.165, 1.54) is 36.4 Å². The van der Waals surface area contributed by atoms with Crippen molar-refractivity contribution in [3.63, 3.8) is 0 Å². The molecule has 0 radical (unpaired) electrons. The summed E-state index contributed by atoms with van der Waals surface area (Å²) in [4.78, 5) is 26.9. The summed E-state index contributed by atoms with van der Waals surface area (Å²) in [6.07, 6.45) is 1.39. The Morgan fingerprint density at radius 3 is 2.74 bits per heavy atom. The molecule has 0 bridgehead atoms. The van der Waals surface area contributed by atoms with Crippen molar-refractivity contribution in [3.05, 3.63) is 81.1 Å². The molecule has 2 heterocycles. The van der Waals surface area contributed by atoms with Crippen LogP contribution in [0.4, 0.5) is 20.3 Å². The summed E-state index contributed by atoms with van der Waals surface area (Å²) in [5.74, 6) is -1.11. The first kappa shape index (κ1) is 21.2. The van der Waals surface area contributed by atoms with Crippen molar-refractivity contribution in [2.45, 2.75) is 12.8 Å². The van der Waals surface area contributed by atoms with Gasteiger partial charge in [0.2, 0.25) is 5.91 Å². The molecule has 4 rings (SSSR count). The fourth-order valence-electron chi connectivity index (χ4n) is 3.59. The minimum atomic E-state index is -0.515. The van der Waals surface area contributed by atoms with Crippen LogP contribution in [0.1, 0.15) is 12.8 Å². The van der Waals surface area contributed by atoms with Crippen LogP contribution in [0.3, 0.4) is 0 Å². The highest BCUT2D eigenvalue weighted by Crippen LogP contribution is 2.24. The molecule has 31 heavy (non-hydrogen) atoms. The van der Waals surface area contributed by atoms with Crippen LogP contribution in [-0.2, 0) is 4.79 Å². The normalized spacial score (nSPS) is 16.2. The van der Waals surface area contributed by atoms with E-state index in [1.54, 1.807) is 18.2 Å². The second-order valence-electron chi connectivity index (χ2n) is 7.32. The molecule has 9 heteroatoms. The van der Waals surface area contributed by atoms with Crippen molar-refractivity contribution in [2.24, 2.45) is 5.92 Å². The number of hydrogen-bond acceptors (Lipinski definition) is 4. The number of carbonyl (C=O) groups excluding carboxylic acids is 1. The van der Waals surface area contributed by atoms with E-state index in [0.29, 0.717) is 35.5 Å². The highest BCUT2D eigenvalue weighted by Gasteiger charge is 2.27. The van der Waals surface area contributed by atoms with Crippen LogP contribution in [0.15, 0.2) is 63.9 Å². The van der Waals surface area contributed by atoms with Crippen molar-refractivity contribution in [3.8, 4) is 5.69 Å². The quantitative estimate of drug-likeness (QED) is 0.599. The molecule has 1 amide bonds. The maximum Gasteiger partial charge on any atom is 0.271 e. The molecule has 1 aromatic heterocycles. The summed E-state index contributed by atoms with van der Waals surface area (Å²) in [6.45, 7) is 1.03. The van der Waals surface area contributed by atoms with Crippen LogP contribution < -0.4 is 15.8 Å². The first-order valence-electron chi connectivity index (χ1n) is 9.78.